The van der Waals surface area contributed by atoms with E-state index in [1.165, 1.54) is 6.07 Å². The Hall–Kier alpha value is -1.01. The van der Waals surface area contributed by atoms with Crippen molar-refractivity contribution in [2.75, 3.05) is 11.1 Å². The van der Waals surface area contributed by atoms with E-state index in [4.69, 9.17) is 11.6 Å². The molecule has 1 fully saturated rings. The van der Waals surface area contributed by atoms with E-state index in [1.54, 1.807) is 0 Å². The number of halogens is 2. The average Bonchev–Trinajstić information content (AvgIpc) is 2.81. The first-order chi connectivity index (χ1) is 9.52. The third-order valence-electron chi connectivity index (χ3n) is 3.41. The monoisotopic (exact) mass is 318 g/mol. The quantitative estimate of drug-likeness (QED) is 0.642. The molecule has 7 heteroatoms. The highest BCUT2D eigenvalue weighted by Crippen LogP contribution is 2.36. The van der Waals surface area contributed by atoms with E-state index in [0.717, 1.165) is 31.1 Å². The molecule has 4 nitrogen and oxygen atoms in total. The van der Waals surface area contributed by atoms with Crippen LogP contribution in [0.5, 0.6) is 0 Å². The highest BCUT2D eigenvalue weighted by molar-refractivity contribution is 7.99. The molecule has 1 N–H and O–H groups in total. The van der Waals surface area contributed by atoms with Crippen LogP contribution in [0.25, 0.3) is 0 Å². The van der Waals surface area contributed by atoms with Crippen LogP contribution in [0.1, 0.15) is 26.2 Å². The van der Waals surface area contributed by atoms with Crippen LogP contribution in [-0.2, 0) is 0 Å². The zero-order valence-corrected chi connectivity index (χ0v) is 12.6. The lowest BCUT2D eigenvalue weighted by Crippen LogP contribution is -2.26. The van der Waals surface area contributed by atoms with E-state index in [9.17, 15) is 14.5 Å². The first-order valence-electron chi connectivity index (χ1n) is 6.54. The summed E-state index contributed by atoms with van der Waals surface area (Å²) in [5.41, 5.74) is 0.0362. The lowest BCUT2D eigenvalue weighted by molar-refractivity contribution is -0.384. The molecule has 0 bridgehead atoms. The van der Waals surface area contributed by atoms with Gasteiger partial charge in [-0.15, -0.1) is 0 Å². The molecule has 1 saturated carbocycles. The van der Waals surface area contributed by atoms with E-state index in [-0.39, 0.29) is 16.8 Å². The number of nitro benzene ring substituents is 1. The van der Waals surface area contributed by atoms with E-state index in [1.807, 2.05) is 11.8 Å². The fraction of sp³-hybridized carbons (Fsp3) is 0.538. The maximum atomic E-state index is 13.4. The Kier molecular flexibility index (Phi) is 5.10. The van der Waals surface area contributed by atoms with Crippen molar-refractivity contribution in [3.8, 4) is 0 Å². The van der Waals surface area contributed by atoms with Gasteiger partial charge < -0.3 is 5.32 Å². The maximum absolute atomic E-state index is 13.4. The van der Waals surface area contributed by atoms with Crippen LogP contribution in [0.4, 0.5) is 15.8 Å². The standard InChI is InChI=1S/C13H16ClFN2O2S/c1-2-20-13-5-3-4-10(13)16-11-6-8(14)9(15)7-12(11)17(18)19/h6-7,10,13,16H,2-5H2,1H3. The molecule has 0 amide bonds. The molecule has 0 saturated heterocycles. The second-order valence-corrected chi connectivity index (χ2v) is 6.64. The van der Waals surface area contributed by atoms with Crippen LogP contribution in [0.15, 0.2) is 12.1 Å². The summed E-state index contributed by atoms with van der Waals surface area (Å²) in [5, 5.41) is 14.5. The van der Waals surface area contributed by atoms with Crippen molar-refractivity contribution < 1.29 is 9.31 Å². The van der Waals surface area contributed by atoms with E-state index in [0.29, 0.717) is 10.9 Å². The van der Waals surface area contributed by atoms with E-state index < -0.39 is 10.7 Å². The van der Waals surface area contributed by atoms with Gasteiger partial charge in [0.15, 0.2) is 0 Å². The van der Waals surface area contributed by atoms with E-state index >= 15 is 0 Å². The minimum absolute atomic E-state index is 0.101. The van der Waals surface area contributed by atoms with Gasteiger partial charge in [0.05, 0.1) is 16.0 Å². The van der Waals surface area contributed by atoms with Crippen molar-refractivity contribution >= 4 is 34.7 Å². The number of nitrogens with zero attached hydrogens (tertiary/aromatic N) is 1. The highest BCUT2D eigenvalue weighted by atomic mass is 35.5. The summed E-state index contributed by atoms with van der Waals surface area (Å²) in [7, 11) is 0. The summed E-state index contributed by atoms with van der Waals surface area (Å²) in [4.78, 5) is 10.4. The van der Waals surface area contributed by atoms with E-state index in [2.05, 4.69) is 12.2 Å². The maximum Gasteiger partial charge on any atom is 0.295 e. The molecule has 0 heterocycles. The number of benzene rings is 1. The molecule has 110 valence electrons. The smallest absolute Gasteiger partial charge is 0.295 e. The van der Waals surface area contributed by atoms with Crippen LogP contribution in [-0.4, -0.2) is 22.0 Å². The minimum Gasteiger partial charge on any atom is -0.376 e. The van der Waals surface area contributed by atoms with Gasteiger partial charge in [-0.1, -0.05) is 24.9 Å². The number of anilines is 1. The molecule has 2 rings (SSSR count). The molecule has 2 atom stereocenters. The normalized spacial score (nSPS) is 21.9. The molecule has 0 aromatic heterocycles. The van der Waals surface area contributed by atoms with Gasteiger partial charge in [-0.3, -0.25) is 10.1 Å². The number of hydrogen-bond donors (Lipinski definition) is 1. The summed E-state index contributed by atoms with van der Waals surface area (Å²) >= 11 is 7.58. The molecular weight excluding hydrogens is 303 g/mol. The van der Waals surface area contributed by atoms with Gasteiger partial charge in [0.25, 0.3) is 5.69 Å². The van der Waals surface area contributed by atoms with Crippen molar-refractivity contribution in [3.63, 3.8) is 0 Å². The first-order valence-corrected chi connectivity index (χ1v) is 7.97. The Morgan fingerprint density at radius 3 is 2.95 bits per heavy atom. The van der Waals surface area contributed by atoms with Crippen molar-refractivity contribution in [1.29, 1.82) is 0 Å². The SMILES string of the molecule is CCSC1CCCC1Nc1cc(Cl)c(F)cc1[N+](=O)[O-]. The number of hydrogen-bond acceptors (Lipinski definition) is 4. The van der Waals surface area contributed by atoms with Crippen LogP contribution in [0.3, 0.4) is 0 Å². The minimum atomic E-state index is -0.769. The average molecular weight is 319 g/mol. The largest absolute Gasteiger partial charge is 0.376 e. The molecule has 20 heavy (non-hydrogen) atoms. The predicted octanol–water partition coefficient (Wildman–Crippen LogP) is 4.47. The predicted molar refractivity (Wildman–Crippen MR) is 81.2 cm³/mol. The summed E-state index contributed by atoms with van der Waals surface area (Å²) in [5.74, 6) is 0.240. The van der Waals surface area contributed by atoms with Crippen molar-refractivity contribution in [2.45, 2.75) is 37.5 Å². The molecule has 1 aromatic rings. The van der Waals surface area contributed by atoms with Gasteiger partial charge in [0.1, 0.15) is 11.5 Å². The Morgan fingerprint density at radius 2 is 2.30 bits per heavy atom. The Bertz CT molecular complexity index is 515. The second-order valence-electron chi connectivity index (χ2n) is 4.72. The molecular formula is C13H16ClFN2O2S. The second kappa shape index (κ2) is 6.63. The zero-order chi connectivity index (χ0) is 14.7. The Morgan fingerprint density at radius 1 is 1.55 bits per heavy atom. The van der Waals surface area contributed by atoms with Gasteiger partial charge in [0.2, 0.25) is 0 Å². The molecule has 0 aliphatic heterocycles. The van der Waals surface area contributed by atoms with Crippen molar-refractivity contribution in [3.05, 3.63) is 33.1 Å². The third kappa shape index (κ3) is 3.35. The van der Waals surface area contributed by atoms with Gasteiger partial charge in [-0.25, -0.2) is 4.39 Å². The molecule has 2 unspecified atom stereocenters. The van der Waals surface area contributed by atoms with Crippen LogP contribution >= 0.6 is 23.4 Å². The fourth-order valence-corrected chi connectivity index (χ4v) is 3.87. The van der Waals surface area contributed by atoms with Gasteiger partial charge >= 0.3 is 0 Å². The molecule has 1 aromatic carbocycles. The lowest BCUT2D eigenvalue weighted by atomic mass is 10.2. The number of nitro groups is 1. The van der Waals surface area contributed by atoms with Crippen molar-refractivity contribution in [2.24, 2.45) is 0 Å². The highest BCUT2D eigenvalue weighted by Gasteiger charge is 2.29. The molecule has 0 radical (unpaired) electrons. The van der Waals surface area contributed by atoms with Gasteiger partial charge in [-0.2, -0.15) is 11.8 Å². The summed E-state index contributed by atoms with van der Waals surface area (Å²) in [6, 6.07) is 2.35. The summed E-state index contributed by atoms with van der Waals surface area (Å²) in [6.45, 7) is 2.09. The van der Waals surface area contributed by atoms with Crippen LogP contribution < -0.4 is 5.32 Å². The zero-order valence-electron chi connectivity index (χ0n) is 11.1. The molecule has 1 aliphatic carbocycles. The lowest BCUT2D eigenvalue weighted by Gasteiger charge is -2.21. The number of nitrogens with one attached hydrogen (secondary N) is 1. The summed E-state index contributed by atoms with van der Waals surface area (Å²) < 4.78 is 13.4. The Labute approximate surface area is 126 Å². The molecule has 1 aliphatic rings. The summed E-state index contributed by atoms with van der Waals surface area (Å²) in [6.07, 6.45) is 3.15. The van der Waals surface area contributed by atoms with Crippen LogP contribution in [0.2, 0.25) is 5.02 Å². The third-order valence-corrected chi connectivity index (χ3v) is 5.02. The first kappa shape index (κ1) is 15.4. The number of thioether (sulfide) groups is 1. The van der Waals surface area contributed by atoms with Crippen LogP contribution in [0, 0.1) is 15.9 Å². The van der Waals surface area contributed by atoms with Crippen molar-refractivity contribution in [1.82, 2.24) is 0 Å². The topological polar surface area (TPSA) is 55.2 Å². The molecule has 0 spiro atoms. The van der Waals surface area contributed by atoms with Gasteiger partial charge in [0, 0.05) is 11.3 Å². The fourth-order valence-electron chi connectivity index (χ4n) is 2.51. The van der Waals surface area contributed by atoms with Gasteiger partial charge in [-0.05, 0) is 24.7 Å². The Balaban J connectivity index is 2.24. The number of rotatable bonds is 5.